The van der Waals surface area contributed by atoms with E-state index in [9.17, 15) is 5.02 Å². The van der Waals surface area contributed by atoms with Crippen LogP contribution in [0.3, 0.4) is 0 Å². The lowest BCUT2D eigenvalue weighted by molar-refractivity contribution is 0.275. The predicted octanol–water partition coefficient (Wildman–Crippen LogP) is 2.53. The van der Waals surface area contributed by atoms with Gasteiger partial charge in [-0.25, -0.2) is 4.85 Å². The molecule has 0 unspecified atom stereocenters. The van der Waals surface area contributed by atoms with Crippen molar-refractivity contribution in [3.63, 3.8) is 0 Å². The van der Waals surface area contributed by atoms with Gasteiger partial charge in [0.15, 0.2) is 5.69 Å². The molecule has 0 radical (unpaired) electrons. The van der Waals surface area contributed by atoms with Gasteiger partial charge in [-0.1, -0.05) is 12.1 Å². The molecule has 21 heavy (non-hydrogen) atoms. The van der Waals surface area contributed by atoms with Crippen molar-refractivity contribution in [2.75, 3.05) is 11.9 Å². The van der Waals surface area contributed by atoms with Crippen molar-refractivity contribution in [3.8, 4) is 0 Å². The third-order valence-electron chi connectivity index (χ3n) is 3.86. The van der Waals surface area contributed by atoms with E-state index < -0.39 is 7.12 Å². The topological polar surface area (TPSA) is 37.1 Å². The van der Waals surface area contributed by atoms with Crippen molar-refractivity contribution in [1.29, 1.82) is 0 Å². The summed E-state index contributed by atoms with van der Waals surface area (Å²) in [6.45, 7) is 9.48. The molecule has 4 nitrogen and oxygen atoms in total. The summed E-state index contributed by atoms with van der Waals surface area (Å²) < 4.78 is 5.22. The van der Waals surface area contributed by atoms with Gasteiger partial charge >= 0.3 is 7.12 Å². The van der Waals surface area contributed by atoms with Crippen LogP contribution in [0.5, 0.6) is 0 Å². The maximum Gasteiger partial charge on any atom is 0.491 e. The van der Waals surface area contributed by atoms with Crippen molar-refractivity contribution in [3.05, 3.63) is 58.9 Å². The van der Waals surface area contributed by atoms with E-state index in [0.717, 1.165) is 28.0 Å². The zero-order valence-corrected chi connectivity index (χ0v) is 12.0. The Hall–Kier alpha value is -2.29. The van der Waals surface area contributed by atoms with E-state index in [1.165, 1.54) is 0 Å². The molecular formula is C16H15BN2O2. The summed E-state index contributed by atoms with van der Waals surface area (Å²) >= 11 is 0. The fourth-order valence-corrected chi connectivity index (χ4v) is 2.55. The molecule has 1 aliphatic heterocycles. The first kappa shape index (κ1) is 13.7. The quantitative estimate of drug-likeness (QED) is 0.677. The Morgan fingerprint density at radius 2 is 1.95 bits per heavy atom. The maximum absolute atomic E-state index is 9.66. The van der Waals surface area contributed by atoms with Gasteiger partial charge in [0.25, 0.3) is 0 Å². The molecule has 0 bridgehead atoms. The molecule has 1 aliphatic rings. The first-order chi connectivity index (χ1) is 10.1. The Morgan fingerprint density at radius 1 is 1.24 bits per heavy atom. The predicted molar refractivity (Wildman–Crippen MR) is 84.3 cm³/mol. The van der Waals surface area contributed by atoms with Gasteiger partial charge in [0.2, 0.25) is 0 Å². The highest BCUT2D eigenvalue weighted by Crippen LogP contribution is 2.29. The summed E-state index contributed by atoms with van der Waals surface area (Å²) in [6.07, 6.45) is 0. The number of benzene rings is 2. The van der Waals surface area contributed by atoms with Crippen LogP contribution in [0.4, 0.5) is 17.1 Å². The van der Waals surface area contributed by atoms with E-state index in [0.29, 0.717) is 12.3 Å². The molecule has 0 saturated heterocycles. The zero-order valence-electron chi connectivity index (χ0n) is 12.0. The Morgan fingerprint density at radius 3 is 2.67 bits per heavy atom. The van der Waals surface area contributed by atoms with E-state index in [4.69, 9.17) is 11.2 Å². The van der Waals surface area contributed by atoms with E-state index in [-0.39, 0.29) is 0 Å². The smallest absolute Gasteiger partial charge is 0.423 e. The van der Waals surface area contributed by atoms with Gasteiger partial charge in [0.05, 0.1) is 13.2 Å². The molecule has 0 spiro atoms. The number of nitrogens with zero attached hydrogens (tertiary/aromatic N) is 2. The molecule has 0 amide bonds. The molecule has 2 aromatic rings. The van der Waals surface area contributed by atoms with Crippen LogP contribution < -0.4 is 10.4 Å². The molecule has 0 fully saturated rings. The number of hydrogen-bond donors (Lipinski definition) is 1. The first-order valence-corrected chi connectivity index (χ1v) is 6.74. The van der Waals surface area contributed by atoms with Gasteiger partial charge < -0.3 is 14.6 Å². The molecule has 1 heterocycles. The van der Waals surface area contributed by atoms with Crippen molar-refractivity contribution in [2.45, 2.75) is 13.5 Å². The number of rotatable bonds is 2. The molecule has 0 aromatic heterocycles. The molecule has 3 rings (SSSR count). The van der Waals surface area contributed by atoms with Crippen molar-refractivity contribution in [1.82, 2.24) is 0 Å². The van der Waals surface area contributed by atoms with E-state index in [2.05, 4.69) is 9.74 Å². The number of hydrogen-bond acceptors (Lipinski definition) is 3. The van der Waals surface area contributed by atoms with Crippen LogP contribution >= 0.6 is 0 Å². The lowest BCUT2D eigenvalue weighted by Crippen LogP contribution is -2.28. The van der Waals surface area contributed by atoms with Gasteiger partial charge in [-0.15, -0.1) is 0 Å². The van der Waals surface area contributed by atoms with Crippen LogP contribution in [0.2, 0.25) is 0 Å². The summed E-state index contributed by atoms with van der Waals surface area (Å²) in [5.74, 6) is 0. The molecule has 0 aliphatic carbocycles. The van der Waals surface area contributed by atoms with Crippen LogP contribution in [-0.2, 0) is 11.3 Å². The van der Waals surface area contributed by atoms with Crippen LogP contribution in [0.1, 0.15) is 11.1 Å². The molecule has 0 atom stereocenters. The first-order valence-electron chi connectivity index (χ1n) is 6.74. The van der Waals surface area contributed by atoms with Crippen LogP contribution in [-0.4, -0.2) is 19.2 Å². The standard InChI is InChI=1S/C16H15BN2O2/c1-11-8-13(5-7-16(11)18-2)19(3)14-4-6-15-12(9-14)10-21-17(15)20/h4-9,20H,10H2,1,3H3. The van der Waals surface area contributed by atoms with Crippen LogP contribution in [0.25, 0.3) is 4.85 Å². The van der Waals surface area contributed by atoms with Crippen molar-refractivity contribution in [2.24, 2.45) is 0 Å². The van der Waals surface area contributed by atoms with E-state index in [1.54, 1.807) is 0 Å². The minimum absolute atomic E-state index is 0.438. The molecule has 1 N–H and O–H groups in total. The minimum Gasteiger partial charge on any atom is -0.423 e. The SMILES string of the molecule is [C-]#[N+]c1ccc(N(C)c2ccc3c(c2)COB3O)cc1C. The fourth-order valence-electron chi connectivity index (χ4n) is 2.55. The molecular weight excluding hydrogens is 263 g/mol. The Kier molecular flexibility index (Phi) is 3.42. The van der Waals surface area contributed by atoms with Gasteiger partial charge in [0, 0.05) is 18.4 Å². The third-order valence-corrected chi connectivity index (χ3v) is 3.86. The lowest BCUT2D eigenvalue weighted by atomic mass is 9.79. The zero-order chi connectivity index (χ0) is 15.0. The van der Waals surface area contributed by atoms with Gasteiger partial charge in [0.1, 0.15) is 0 Å². The number of fused-ring (bicyclic) bond motifs is 1. The highest BCUT2D eigenvalue weighted by molar-refractivity contribution is 6.61. The summed E-state index contributed by atoms with van der Waals surface area (Å²) in [4.78, 5) is 5.55. The third kappa shape index (κ3) is 2.40. The van der Waals surface area contributed by atoms with Crippen LogP contribution in [0.15, 0.2) is 36.4 Å². The Bertz CT molecular complexity index is 740. The van der Waals surface area contributed by atoms with Gasteiger partial charge in [-0.05, 0) is 47.8 Å². The summed E-state index contributed by atoms with van der Waals surface area (Å²) in [5, 5.41) is 9.66. The summed E-state index contributed by atoms with van der Waals surface area (Å²) in [6, 6.07) is 11.7. The van der Waals surface area contributed by atoms with E-state index >= 15 is 0 Å². The normalized spacial score (nSPS) is 13.0. The second kappa shape index (κ2) is 5.25. The van der Waals surface area contributed by atoms with Crippen LogP contribution in [0, 0.1) is 13.5 Å². The highest BCUT2D eigenvalue weighted by Gasteiger charge is 2.27. The summed E-state index contributed by atoms with van der Waals surface area (Å²) in [5.41, 5.74) is 5.56. The van der Waals surface area contributed by atoms with E-state index in [1.807, 2.05) is 50.4 Å². The number of aryl methyl sites for hydroxylation is 1. The highest BCUT2D eigenvalue weighted by atomic mass is 16.5. The second-order valence-corrected chi connectivity index (χ2v) is 5.19. The van der Waals surface area contributed by atoms with Crippen molar-refractivity contribution >= 4 is 29.6 Å². The monoisotopic (exact) mass is 278 g/mol. The summed E-state index contributed by atoms with van der Waals surface area (Å²) in [7, 11) is 1.18. The van der Waals surface area contributed by atoms with Gasteiger partial charge in [-0.2, -0.15) is 0 Å². The molecule has 0 saturated carbocycles. The Labute approximate surface area is 124 Å². The minimum atomic E-state index is -0.806. The number of anilines is 2. The molecule has 5 heteroatoms. The molecule has 2 aromatic carbocycles. The maximum atomic E-state index is 9.66. The average Bonchev–Trinajstić information content (AvgIpc) is 2.87. The fraction of sp³-hybridized carbons (Fsp3) is 0.188. The molecule has 104 valence electrons. The second-order valence-electron chi connectivity index (χ2n) is 5.19. The lowest BCUT2D eigenvalue weighted by Gasteiger charge is -2.21. The average molecular weight is 278 g/mol. The van der Waals surface area contributed by atoms with Crippen molar-refractivity contribution < 1.29 is 9.68 Å². The Balaban J connectivity index is 1.94. The van der Waals surface area contributed by atoms with Gasteiger partial charge in [-0.3, -0.25) is 0 Å². The largest absolute Gasteiger partial charge is 0.491 e.